The number of aromatic nitrogens is 2. The van der Waals surface area contributed by atoms with Crippen LogP contribution in [-0.2, 0) is 11.3 Å². The third-order valence-electron chi connectivity index (χ3n) is 5.15. The Morgan fingerprint density at radius 2 is 1.53 bits per heavy atom. The minimum Gasteiger partial charge on any atom is -0.494 e. The Morgan fingerprint density at radius 3 is 2.22 bits per heavy atom. The van der Waals surface area contributed by atoms with Gasteiger partial charge >= 0.3 is 0 Å². The van der Waals surface area contributed by atoms with E-state index in [-0.39, 0.29) is 11.9 Å². The number of amides is 1. The van der Waals surface area contributed by atoms with Gasteiger partial charge in [0.15, 0.2) is 0 Å². The molecule has 0 spiro atoms. The van der Waals surface area contributed by atoms with Crippen LogP contribution >= 0.6 is 0 Å². The summed E-state index contributed by atoms with van der Waals surface area (Å²) in [6, 6.07) is 23.1. The number of benzene rings is 3. The minimum atomic E-state index is -0.428. The molecular formula is C25H23N3O4. The van der Waals surface area contributed by atoms with E-state index < -0.39 is 23.1 Å². The Balaban J connectivity index is 1.62. The van der Waals surface area contributed by atoms with Crippen LogP contribution in [0.25, 0.3) is 10.8 Å². The standard InChI is InChI=1S/C25H23N3O4/c1-2-32-19-14-12-18(13-15-19)23(17-8-4-3-5-9-17)26-22(29)16-28-25(31)21-11-7-6-10-20(21)24(30)27-28/h3-15,23H,2,16H2,1H3,(H,26,29)(H,27,30). The molecule has 0 aliphatic carbocycles. The summed E-state index contributed by atoms with van der Waals surface area (Å²) in [7, 11) is 0. The zero-order valence-corrected chi connectivity index (χ0v) is 17.6. The fourth-order valence-electron chi connectivity index (χ4n) is 3.64. The summed E-state index contributed by atoms with van der Waals surface area (Å²) in [5.41, 5.74) is 0.920. The largest absolute Gasteiger partial charge is 0.494 e. The van der Waals surface area contributed by atoms with Gasteiger partial charge in [0.05, 0.1) is 23.4 Å². The first kappa shape index (κ1) is 21.1. The Morgan fingerprint density at radius 1 is 0.906 bits per heavy atom. The quantitative estimate of drug-likeness (QED) is 0.472. The molecule has 7 heteroatoms. The summed E-state index contributed by atoms with van der Waals surface area (Å²) < 4.78 is 6.55. The highest BCUT2D eigenvalue weighted by atomic mass is 16.5. The molecule has 0 saturated carbocycles. The predicted molar refractivity (Wildman–Crippen MR) is 123 cm³/mol. The highest BCUT2D eigenvalue weighted by Gasteiger charge is 2.18. The molecule has 32 heavy (non-hydrogen) atoms. The van der Waals surface area contributed by atoms with Gasteiger partial charge in [-0.2, -0.15) is 0 Å². The van der Waals surface area contributed by atoms with Crippen LogP contribution in [0, 0.1) is 0 Å². The Kier molecular flexibility index (Phi) is 6.17. The van der Waals surface area contributed by atoms with Crippen LogP contribution in [-0.4, -0.2) is 22.3 Å². The third kappa shape index (κ3) is 4.46. The maximum Gasteiger partial charge on any atom is 0.273 e. The van der Waals surface area contributed by atoms with E-state index in [1.165, 1.54) is 0 Å². The van der Waals surface area contributed by atoms with Crippen molar-refractivity contribution in [2.24, 2.45) is 0 Å². The lowest BCUT2D eigenvalue weighted by Gasteiger charge is -2.20. The van der Waals surface area contributed by atoms with E-state index in [0.29, 0.717) is 12.0 Å². The molecule has 0 fully saturated rings. The topological polar surface area (TPSA) is 93.2 Å². The number of nitrogens with zero attached hydrogens (tertiary/aromatic N) is 1. The normalized spacial score (nSPS) is 11.8. The van der Waals surface area contributed by atoms with Crippen molar-refractivity contribution in [1.29, 1.82) is 0 Å². The number of aromatic amines is 1. The molecular weight excluding hydrogens is 406 g/mol. The van der Waals surface area contributed by atoms with E-state index in [1.807, 2.05) is 61.5 Å². The SMILES string of the molecule is CCOc1ccc(C(NC(=O)Cn2[nH]c(=O)c3ccccc3c2=O)c2ccccc2)cc1. The highest BCUT2D eigenvalue weighted by molar-refractivity contribution is 5.81. The van der Waals surface area contributed by atoms with E-state index in [1.54, 1.807) is 24.3 Å². The van der Waals surface area contributed by atoms with E-state index in [4.69, 9.17) is 4.74 Å². The monoisotopic (exact) mass is 429 g/mol. The summed E-state index contributed by atoms with van der Waals surface area (Å²) in [5.74, 6) is 0.343. The molecule has 0 aliphatic rings. The second-order valence-electron chi connectivity index (χ2n) is 7.29. The average Bonchev–Trinajstić information content (AvgIpc) is 2.82. The number of fused-ring (bicyclic) bond motifs is 1. The molecule has 0 aliphatic heterocycles. The zero-order valence-electron chi connectivity index (χ0n) is 17.6. The van der Waals surface area contributed by atoms with Gasteiger partial charge in [0.1, 0.15) is 12.3 Å². The molecule has 1 heterocycles. The molecule has 3 aromatic carbocycles. The maximum absolute atomic E-state index is 12.9. The fraction of sp³-hybridized carbons (Fsp3) is 0.160. The van der Waals surface area contributed by atoms with Crippen LogP contribution in [0.5, 0.6) is 5.75 Å². The fourth-order valence-corrected chi connectivity index (χ4v) is 3.64. The minimum absolute atomic E-state index is 0.273. The predicted octanol–water partition coefficient (Wildman–Crippen LogP) is 2.99. The maximum atomic E-state index is 12.9. The molecule has 1 amide bonds. The molecule has 0 saturated heterocycles. The van der Waals surface area contributed by atoms with Gasteiger partial charge < -0.3 is 10.1 Å². The van der Waals surface area contributed by atoms with Crippen molar-refractivity contribution in [3.63, 3.8) is 0 Å². The molecule has 1 unspecified atom stereocenters. The van der Waals surface area contributed by atoms with Gasteiger partial charge in [-0.1, -0.05) is 54.6 Å². The summed E-state index contributed by atoms with van der Waals surface area (Å²) in [6.45, 7) is 2.18. The summed E-state index contributed by atoms with van der Waals surface area (Å²) in [6.07, 6.45) is 0. The van der Waals surface area contributed by atoms with Crippen molar-refractivity contribution in [3.05, 3.63) is 111 Å². The van der Waals surface area contributed by atoms with Crippen LogP contribution in [0.1, 0.15) is 24.1 Å². The zero-order chi connectivity index (χ0) is 22.5. The van der Waals surface area contributed by atoms with Gasteiger partial charge in [0.25, 0.3) is 11.1 Å². The number of hydrogen-bond donors (Lipinski definition) is 2. The van der Waals surface area contributed by atoms with Crippen molar-refractivity contribution in [2.75, 3.05) is 6.61 Å². The molecule has 4 rings (SSSR count). The van der Waals surface area contributed by atoms with Gasteiger partial charge in [-0.05, 0) is 42.3 Å². The van der Waals surface area contributed by atoms with Crippen LogP contribution in [0.4, 0.5) is 0 Å². The van der Waals surface area contributed by atoms with E-state index in [0.717, 1.165) is 21.6 Å². The van der Waals surface area contributed by atoms with Crippen LogP contribution < -0.4 is 21.2 Å². The van der Waals surface area contributed by atoms with Gasteiger partial charge in [-0.3, -0.25) is 19.5 Å². The first-order valence-corrected chi connectivity index (χ1v) is 10.4. The molecule has 0 radical (unpaired) electrons. The Bertz CT molecular complexity index is 1340. The number of carbonyl (C=O) groups excluding carboxylic acids is 1. The van der Waals surface area contributed by atoms with E-state index in [9.17, 15) is 14.4 Å². The van der Waals surface area contributed by atoms with Gasteiger partial charge in [-0.15, -0.1) is 0 Å². The van der Waals surface area contributed by atoms with Crippen molar-refractivity contribution in [1.82, 2.24) is 15.1 Å². The van der Waals surface area contributed by atoms with E-state index in [2.05, 4.69) is 10.4 Å². The lowest BCUT2D eigenvalue weighted by Crippen LogP contribution is -2.38. The third-order valence-corrected chi connectivity index (χ3v) is 5.15. The van der Waals surface area contributed by atoms with Crippen molar-refractivity contribution in [2.45, 2.75) is 19.5 Å². The second-order valence-corrected chi connectivity index (χ2v) is 7.29. The molecule has 1 atom stereocenters. The first-order chi connectivity index (χ1) is 15.6. The molecule has 2 N–H and O–H groups in total. The van der Waals surface area contributed by atoms with Crippen LogP contribution in [0.3, 0.4) is 0 Å². The summed E-state index contributed by atoms with van der Waals surface area (Å²) in [4.78, 5) is 38.0. The highest BCUT2D eigenvalue weighted by Crippen LogP contribution is 2.24. The first-order valence-electron chi connectivity index (χ1n) is 10.4. The van der Waals surface area contributed by atoms with Crippen molar-refractivity contribution in [3.8, 4) is 5.75 Å². The van der Waals surface area contributed by atoms with Gasteiger partial charge in [-0.25, -0.2) is 4.68 Å². The van der Waals surface area contributed by atoms with Crippen LogP contribution in [0.15, 0.2) is 88.5 Å². The molecule has 7 nitrogen and oxygen atoms in total. The summed E-state index contributed by atoms with van der Waals surface area (Å²) >= 11 is 0. The number of hydrogen-bond acceptors (Lipinski definition) is 4. The number of carbonyl (C=O) groups is 1. The van der Waals surface area contributed by atoms with Gasteiger partial charge in [0, 0.05) is 0 Å². The second kappa shape index (κ2) is 9.34. The average molecular weight is 429 g/mol. The lowest BCUT2D eigenvalue weighted by molar-refractivity contribution is -0.122. The Hall–Kier alpha value is -4.13. The van der Waals surface area contributed by atoms with Crippen molar-refractivity contribution >= 4 is 16.7 Å². The summed E-state index contributed by atoms with van der Waals surface area (Å²) in [5, 5.41) is 6.05. The van der Waals surface area contributed by atoms with Crippen molar-refractivity contribution < 1.29 is 9.53 Å². The number of nitrogens with one attached hydrogen (secondary N) is 2. The van der Waals surface area contributed by atoms with Crippen LogP contribution in [0.2, 0.25) is 0 Å². The molecule has 162 valence electrons. The lowest BCUT2D eigenvalue weighted by atomic mass is 9.98. The number of H-pyrrole nitrogens is 1. The van der Waals surface area contributed by atoms with E-state index >= 15 is 0 Å². The number of ether oxygens (including phenoxy) is 1. The number of rotatable bonds is 7. The molecule has 4 aromatic rings. The Labute approximate surface area is 184 Å². The molecule has 0 bridgehead atoms. The van der Waals surface area contributed by atoms with Gasteiger partial charge in [0.2, 0.25) is 5.91 Å². The smallest absolute Gasteiger partial charge is 0.273 e. The molecule has 1 aromatic heterocycles.